The second-order valence-corrected chi connectivity index (χ2v) is 11.4. The van der Waals surface area contributed by atoms with Crippen LogP contribution >= 0.6 is 0 Å². The fourth-order valence-electron chi connectivity index (χ4n) is 7.06. The quantitative estimate of drug-likeness (QED) is 0.215. The van der Waals surface area contributed by atoms with E-state index < -0.39 is 0 Å². The summed E-state index contributed by atoms with van der Waals surface area (Å²) in [5.74, 6) is 0. The van der Waals surface area contributed by atoms with Gasteiger partial charge in [-0.15, -0.1) is 0 Å². The number of aromatic nitrogens is 2. The fourth-order valence-corrected chi connectivity index (χ4v) is 7.06. The van der Waals surface area contributed by atoms with Gasteiger partial charge in [-0.3, -0.25) is 0 Å². The normalized spacial score (nSPS) is 11.6. The molecule has 0 fully saturated rings. The van der Waals surface area contributed by atoms with Crippen molar-refractivity contribution in [1.82, 2.24) is 9.97 Å². The van der Waals surface area contributed by atoms with Crippen LogP contribution < -0.4 is 0 Å². The number of benzene rings is 7. The van der Waals surface area contributed by atoms with Crippen LogP contribution in [0.3, 0.4) is 0 Å². The van der Waals surface area contributed by atoms with Crippen LogP contribution in [0.1, 0.15) is 0 Å². The van der Waals surface area contributed by atoms with E-state index in [1.165, 1.54) is 71.6 Å². The number of fused-ring (bicyclic) bond motifs is 7. The third-order valence-electron chi connectivity index (χ3n) is 8.99. The van der Waals surface area contributed by atoms with Gasteiger partial charge in [-0.05, 0) is 57.1 Å². The highest BCUT2D eigenvalue weighted by Gasteiger charge is 2.22. The van der Waals surface area contributed by atoms with Gasteiger partial charge in [-0.25, -0.2) is 0 Å². The summed E-state index contributed by atoms with van der Waals surface area (Å²) < 4.78 is 0. The zero-order valence-electron chi connectivity index (χ0n) is 24.0. The summed E-state index contributed by atoms with van der Waals surface area (Å²) in [6, 6.07) is 56.8. The van der Waals surface area contributed by atoms with E-state index in [0.29, 0.717) is 0 Å². The first-order valence-electron chi connectivity index (χ1n) is 15.1. The average molecular weight is 561 g/mol. The first-order chi connectivity index (χ1) is 21.8. The van der Waals surface area contributed by atoms with Crippen molar-refractivity contribution in [3.05, 3.63) is 158 Å². The second-order valence-electron chi connectivity index (χ2n) is 11.4. The van der Waals surface area contributed by atoms with Crippen LogP contribution in [0, 0.1) is 0 Å². The molecule has 0 saturated carbocycles. The molecule has 9 rings (SSSR count). The van der Waals surface area contributed by atoms with Gasteiger partial charge in [0.05, 0.1) is 5.52 Å². The lowest BCUT2D eigenvalue weighted by atomic mass is 9.84. The molecule has 2 heteroatoms. The van der Waals surface area contributed by atoms with E-state index >= 15 is 0 Å². The van der Waals surface area contributed by atoms with Crippen molar-refractivity contribution in [2.24, 2.45) is 0 Å². The Kier molecular flexibility index (Phi) is 5.54. The van der Waals surface area contributed by atoms with Gasteiger partial charge in [0.2, 0.25) is 0 Å². The van der Waals surface area contributed by atoms with E-state index in [2.05, 4.69) is 168 Å². The number of para-hydroxylation sites is 1. The Balaban J connectivity index is 1.44. The minimum atomic E-state index is 1.13. The Morgan fingerprint density at radius 3 is 1.59 bits per heavy atom. The first kappa shape index (κ1) is 24.7. The van der Waals surface area contributed by atoms with Crippen LogP contribution in [0.25, 0.3) is 88.1 Å². The van der Waals surface area contributed by atoms with Gasteiger partial charge in [-0.1, -0.05) is 140 Å². The molecule has 2 aromatic heterocycles. The first-order valence-corrected chi connectivity index (χ1v) is 15.1. The molecule has 7 aromatic carbocycles. The van der Waals surface area contributed by atoms with Crippen molar-refractivity contribution in [3.63, 3.8) is 0 Å². The number of H-pyrrole nitrogens is 2. The summed E-state index contributed by atoms with van der Waals surface area (Å²) in [7, 11) is 0. The van der Waals surface area contributed by atoms with E-state index in [4.69, 9.17) is 0 Å². The number of hydrogen-bond acceptors (Lipinski definition) is 0. The predicted octanol–water partition coefficient (Wildman–Crippen LogP) is 11.6. The number of rotatable bonds is 4. The molecule has 0 radical (unpaired) electrons. The molecule has 44 heavy (non-hydrogen) atoms. The molecular formula is C42H28N2. The van der Waals surface area contributed by atoms with E-state index in [1.807, 2.05) is 0 Å². The van der Waals surface area contributed by atoms with Crippen LogP contribution in [-0.2, 0) is 0 Å². The molecule has 0 amide bonds. The van der Waals surface area contributed by atoms with Crippen molar-refractivity contribution in [2.75, 3.05) is 0 Å². The molecular weight excluding hydrogens is 532 g/mol. The van der Waals surface area contributed by atoms with Gasteiger partial charge in [0.1, 0.15) is 0 Å². The van der Waals surface area contributed by atoms with Gasteiger partial charge in [0.15, 0.2) is 0 Å². The molecule has 9 aromatic rings. The molecule has 0 atom stereocenters. The number of nitrogens with one attached hydrogen (secondary N) is 2. The molecule has 0 bridgehead atoms. The topological polar surface area (TPSA) is 31.6 Å². The van der Waals surface area contributed by atoms with Crippen molar-refractivity contribution in [2.45, 2.75) is 0 Å². The van der Waals surface area contributed by atoms with Crippen LogP contribution in [0.2, 0.25) is 0 Å². The molecule has 206 valence electrons. The fraction of sp³-hybridized carbons (Fsp3) is 0. The highest BCUT2D eigenvalue weighted by Crippen LogP contribution is 2.47. The smallest absolute Gasteiger partial charge is 0.0566 e. The molecule has 0 aliphatic carbocycles. The molecule has 2 N–H and O–H groups in total. The van der Waals surface area contributed by atoms with Crippen molar-refractivity contribution < 1.29 is 0 Å². The molecule has 0 spiro atoms. The summed E-state index contributed by atoms with van der Waals surface area (Å²) in [5.41, 5.74) is 14.3. The molecule has 2 nitrogen and oxygen atoms in total. The third kappa shape index (κ3) is 3.75. The molecule has 0 unspecified atom stereocenters. The average Bonchev–Trinajstić information content (AvgIpc) is 3.67. The summed E-state index contributed by atoms with van der Waals surface area (Å²) in [4.78, 5) is 7.57. The van der Waals surface area contributed by atoms with E-state index in [-0.39, 0.29) is 0 Å². The highest BCUT2D eigenvalue weighted by atomic mass is 14.7. The number of aromatic amines is 2. The van der Waals surface area contributed by atoms with Crippen LogP contribution in [0.4, 0.5) is 0 Å². The van der Waals surface area contributed by atoms with Gasteiger partial charge >= 0.3 is 0 Å². The Morgan fingerprint density at radius 2 is 0.841 bits per heavy atom. The molecule has 0 aliphatic heterocycles. The Morgan fingerprint density at radius 1 is 0.295 bits per heavy atom. The minimum Gasteiger partial charge on any atom is -0.354 e. The zero-order chi connectivity index (χ0) is 29.0. The van der Waals surface area contributed by atoms with Gasteiger partial charge in [-0.2, -0.15) is 0 Å². The summed E-state index contributed by atoms with van der Waals surface area (Å²) >= 11 is 0. The lowest BCUT2D eigenvalue weighted by molar-refractivity contribution is 1.53. The van der Waals surface area contributed by atoms with E-state index in [1.54, 1.807) is 0 Å². The Hall–Kier alpha value is -5.86. The van der Waals surface area contributed by atoms with Gasteiger partial charge in [0, 0.05) is 43.7 Å². The second kappa shape index (κ2) is 9.86. The van der Waals surface area contributed by atoms with Crippen molar-refractivity contribution >= 4 is 43.6 Å². The van der Waals surface area contributed by atoms with E-state index in [0.717, 1.165) is 16.6 Å². The lowest BCUT2D eigenvalue weighted by Crippen LogP contribution is -1.92. The minimum absolute atomic E-state index is 1.13. The summed E-state index contributed by atoms with van der Waals surface area (Å²) in [6.45, 7) is 0. The van der Waals surface area contributed by atoms with E-state index in [9.17, 15) is 0 Å². The molecule has 2 heterocycles. The predicted molar refractivity (Wildman–Crippen MR) is 187 cm³/mol. The monoisotopic (exact) mass is 560 g/mol. The van der Waals surface area contributed by atoms with Crippen LogP contribution in [0.15, 0.2) is 158 Å². The Labute approximate surface area is 255 Å². The SMILES string of the molecule is c1ccc(-c2ccccc2-c2ccccc2-c2c(-c3ccccc3)ccc3[nH]c4ccc5c6ccccc6[nH]c5c4c23)cc1. The maximum atomic E-state index is 3.79. The number of hydrogen-bond donors (Lipinski definition) is 2. The maximum Gasteiger partial charge on any atom is 0.0566 e. The summed E-state index contributed by atoms with van der Waals surface area (Å²) in [5, 5.41) is 4.96. The standard InChI is InChI=1S/C42H28N2/c1-3-13-27(14-4-1)29-17-7-8-18-31(29)32-19-9-10-21-34(32)39-30(28-15-5-2-6-16-28)23-25-37-40(39)41-38(43-37)26-24-35-33-20-11-12-22-36(33)44-42(35)41/h1-26,43-44H. The third-order valence-corrected chi connectivity index (χ3v) is 8.99. The van der Waals surface area contributed by atoms with Gasteiger partial charge < -0.3 is 9.97 Å². The lowest BCUT2D eigenvalue weighted by Gasteiger charge is -2.18. The zero-order valence-corrected chi connectivity index (χ0v) is 24.0. The van der Waals surface area contributed by atoms with Crippen LogP contribution in [0.5, 0.6) is 0 Å². The van der Waals surface area contributed by atoms with Crippen molar-refractivity contribution in [1.29, 1.82) is 0 Å². The highest BCUT2D eigenvalue weighted by molar-refractivity contribution is 6.28. The maximum absolute atomic E-state index is 3.79. The largest absolute Gasteiger partial charge is 0.354 e. The van der Waals surface area contributed by atoms with Crippen molar-refractivity contribution in [3.8, 4) is 44.5 Å². The Bertz CT molecular complexity index is 2480. The van der Waals surface area contributed by atoms with Crippen LogP contribution in [-0.4, -0.2) is 9.97 Å². The summed E-state index contributed by atoms with van der Waals surface area (Å²) in [6.07, 6.45) is 0. The van der Waals surface area contributed by atoms with Gasteiger partial charge in [0.25, 0.3) is 0 Å². The molecule has 0 aliphatic rings. The molecule has 0 saturated heterocycles.